The van der Waals surface area contributed by atoms with E-state index in [0.29, 0.717) is 10.7 Å². The van der Waals surface area contributed by atoms with Crippen molar-refractivity contribution in [2.45, 2.75) is 0 Å². The molecule has 0 saturated carbocycles. The Balaban J connectivity index is 2.19. The average Bonchev–Trinajstić information content (AvgIpc) is 2.88. The fraction of sp³-hybridized carbons (Fsp3) is 0.231. The number of nitrogens with zero attached hydrogens (tertiary/aromatic N) is 2. The van der Waals surface area contributed by atoms with Gasteiger partial charge < -0.3 is 10.0 Å². The average molecular weight is 280 g/mol. The van der Waals surface area contributed by atoms with Gasteiger partial charge in [-0.3, -0.25) is 4.79 Å². The first kappa shape index (κ1) is 13.6. The molecule has 0 atom stereocenters. The summed E-state index contributed by atoms with van der Waals surface area (Å²) < 4.78 is 12.8. The van der Waals surface area contributed by atoms with Crippen molar-refractivity contribution in [2.75, 3.05) is 20.2 Å². The van der Waals surface area contributed by atoms with Crippen LogP contribution in [-0.2, 0) is 0 Å². The Morgan fingerprint density at radius 1 is 1.42 bits per heavy atom. The van der Waals surface area contributed by atoms with Crippen molar-refractivity contribution < 1.29 is 14.3 Å². The number of benzene rings is 1. The second-order valence-electron chi connectivity index (χ2n) is 4.00. The third-order valence-electron chi connectivity index (χ3n) is 2.60. The Kier molecular flexibility index (Phi) is 4.24. The summed E-state index contributed by atoms with van der Waals surface area (Å²) in [5.74, 6) is -0.544. The summed E-state index contributed by atoms with van der Waals surface area (Å²) in [5, 5.41) is 11.1. The number of aliphatic hydroxyl groups is 1. The lowest BCUT2D eigenvalue weighted by Crippen LogP contribution is -2.29. The minimum absolute atomic E-state index is 0.0861. The predicted molar refractivity (Wildman–Crippen MR) is 71.6 cm³/mol. The maximum absolute atomic E-state index is 12.8. The Morgan fingerprint density at radius 3 is 2.74 bits per heavy atom. The number of carbonyl (C=O) groups is 1. The van der Waals surface area contributed by atoms with Crippen LogP contribution in [0.2, 0.25) is 0 Å². The van der Waals surface area contributed by atoms with Crippen LogP contribution in [0.5, 0.6) is 0 Å². The first-order chi connectivity index (χ1) is 9.11. The van der Waals surface area contributed by atoms with Gasteiger partial charge in [0.05, 0.1) is 6.61 Å². The molecule has 0 unspecified atom stereocenters. The van der Waals surface area contributed by atoms with Gasteiger partial charge in [0, 0.05) is 24.5 Å². The second kappa shape index (κ2) is 5.90. The first-order valence-electron chi connectivity index (χ1n) is 5.69. The van der Waals surface area contributed by atoms with Gasteiger partial charge in [-0.25, -0.2) is 9.37 Å². The van der Waals surface area contributed by atoms with Crippen molar-refractivity contribution in [3.05, 3.63) is 41.2 Å². The highest BCUT2D eigenvalue weighted by atomic mass is 32.1. The van der Waals surface area contributed by atoms with Crippen molar-refractivity contribution in [1.29, 1.82) is 0 Å². The lowest BCUT2D eigenvalue weighted by atomic mass is 10.2. The highest BCUT2D eigenvalue weighted by Crippen LogP contribution is 2.24. The molecular weight excluding hydrogens is 267 g/mol. The zero-order valence-corrected chi connectivity index (χ0v) is 11.2. The van der Waals surface area contributed by atoms with Crippen LogP contribution in [0.25, 0.3) is 10.6 Å². The minimum Gasteiger partial charge on any atom is -0.395 e. The van der Waals surface area contributed by atoms with Crippen molar-refractivity contribution in [2.24, 2.45) is 0 Å². The largest absolute Gasteiger partial charge is 0.395 e. The highest BCUT2D eigenvalue weighted by Gasteiger charge is 2.15. The summed E-state index contributed by atoms with van der Waals surface area (Å²) in [4.78, 5) is 17.6. The molecule has 0 aliphatic heterocycles. The van der Waals surface area contributed by atoms with Crippen LogP contribution >= 0.6 is 11.3 Å². The van der Waals surface area contributed by atoms with Crippen LogP contribution in [0.15, 0.2) is 29.6 Å². The maximum atomic E-state index is 12.8. The third kappa shape index (κ3) is 3.15. The van der Waals surface area contributed by atoms with Gasteiger partial charge in [-0.2, -0.15) is 0 Å². The van der Waals surface area contributed by atoms with E-state index in [-0.39, 0.29) is 24.9 Å². The molecule has 1 amide bonds. The summed E-state index contributed by atoms with van der Waals surface area (Å²) in [6.45, 7) is 0.180. The quantitative estimate of drug-likeness (QED) is 0.932. The van der Waals surface area contributed by atoms with E-state index in [1.54, 1.807) is 24.6 Å². The van der Waals surface area contributed by atoms with Gasteiger partial charge in [0.25, 0.3) is 5.91 Å². The van der Waals surface area contributed by atoms with E-state index < -0.39 is 0 Å². The number of likely N-dealkylation sites (N-methyl/N-ethyl adjacent to an activating group) is 1. The molecule has 2 aromatic rings. The van der Waals surface area contributed by atoms with Gasteiger partial charge in [0.15, 0.2) is 0 Å². The van der Waals surface area contributed by atoms with Gasteiger partial charge in [0.2, 0.25) is 0 Å². The van der Waals surface area contributed by atoms with E-state index >= 15 is 0 Å². The molecule has 6 heteroatoms. The van der Waals surface area contributed by atoms with Crippen molar-refractivity contribution in [1.82, 2.24) is 9.88 Å². The topological polar surface area (TPSA) is 53.4 Å². The minimum atomic E-state index is -0.306. The zero-order valence-electron chi connectivity index (χ0n) is 10.3. The molecule has 0 fully saturated rings. The molecule has 1 aromatic carbocycles. The Bertz CT molecular complexity index is 568. The second-order valence-corrected chi connectivity index (χ2v) is 4.85. The number of hydrogen-bond donors (Lipinski definition) is 1. The first-order valence-corrected chi connectivity index (χ1v) is 6.57. The van der Waals surface area contributed by atoms with E-state index in [2.05, 4.69) is 4.98 Å². The van der Waals surface area contributed by atoms with E-state index in [9.17, 15) is 9.18 Å². The number of halogens is 1. The summed E-state index contributed by atoms with van der Waals surface area (Å²) in [6, 6.07) is 5.96. The molecule has 4 nitrogen and oxygen atoms in total. The Morgan fingerprint density at radius 2 is 2.11 bits per heavy atom. The van der Waals surface area contributed by atoms with Gasteiger partial charge >= 0.3 is 0 Å². The highest BCUT2D eigenvalue weighted by molar-refractivity contribution is 7.13. The van der Waals surface area contributed by atoms with E-state index in [1.807, 2.05) is 0 Å². The van der Waals surface area contributed by atoms with Crippen LogP contribution in [0, 0.1) is 5.82 Å². The monoisotopic (exact) mass is 280 g/mol. The zero-order chi connectivity index (χ0) is 13.8. The fourth-order valence-electron chi connectivity index (χ4n) is 1.54. The standard InChI is InChI=1S/C13H13FN2O2S/c1-16(6-7-17)13(18)11-8-19-12(15-11)9-2-4-10(14)5-3-9/h2-5,8,17H,6-7H2,1H3. The van der Waals surface area contributed by atoms with Gasteiger partial charge in [-0.15, -0.1) is 11.3 Å². The van der Waals surface area contributed by atoms with Crippen molar-refractivity contribution >= 4 is 17.2 Å². The Hall–Kier alpha value is -1.79. The molecule has 0 radical (unpaired) electrons. The molecule has 1 aromatic heterocycles. The van der Waals surface area contributed by atoms with E-state index in [4.69, 9.17) is 5.11 Å². The van der Waals surface area contributed by atoms with Gasteiger partial charge in [-0.05, 0) is 24.3 Å². The number of aromatic nitrogens is 1. The molecule has 0 saturated heterocycles. The van der Waals surface area contributed by atoms with E-state index in [1.165, 1.54) is 28.4 Å². The normalized spacial score (nSPS) is 10.5. The molecule has 19 heavy (non-hydrogen) atoms. The summed E-state index contributed by atoms with van der Waals surface area (Å²) in [7, 11) is 1.61. The molecule has 1 heterocycles. The van der Waals surface area contributed by atoms with Crippen LogP contribution < -0.4 is 0 Å². The summed E-state index contributed by atoms with van der Waals surface area (Å²) in [5.41, 5.74) is 1.11. The molecule has 1 N–H and O–H groups in total. The van der Waals surface area contributed by atoms with Crippen LogP contribution in [0.1, 0.15) is 10.5 Å². The Labute approximate surface area is 114 Å². The maximum Gasteiger partial charge on any atom is 0.273 e. The number of carbonyl (C=O) groups excluding carboxylic acids is 1. The van der Waals surface area contributed by atoms with E-state index in [0.717, 1.165) is 5.56 Å². The molecule has 0 aliphatic rings. The van der Waals surface area contributed by atoms with Crippen molar-refractivity contribution in [3.8, 4) is 10.6 Å². The molecule has 0 aliphatic carbocycles. The number of thiazole rings is 1. The fourth-order valence-corrected chi connectivity index (χ4v) is 2.34. The molecule has 0 bridgehead atoms. The van der Waals surface area contributed by atoms with Crippen LogP contribution in [-0.4, -0.2) is 41.1 Å². The van der Waals surface area contributed by atoms with Gasteiger partial charge in [-0.1, -0.05) is 0 Å². The number of aliphatic hydroxyl groups excluding tert-OH is 1. The number of rotatable bonds is 4. The SMILES string of the molecule is CN(CCO)C(=O)c1csc(-c2ccc(F)cc2)n1. The lowest BCUT2D eigenvalue weighted by molar-refractivity contribution is 0.0762. The number of amides is 1. The molecule has 0 spiro atoms. The predicted octanol–water partition coefficient (Wildman–Crippen LogP) is 2.01. The molecule has 100 valence electrons. The van der Waals surface area contributed by atoms with Crippen LogP contribution in [0.3, 0.4) is 0 Å². The lowest BCUT2D eigenvalue weighted by Gasteiger charge is -2.13. The summed E-state index contributed by atoms with van der Waals surface area (Å²) >= 11 is 1.33. The van der Waals surface area contributed by atoms with Crippen LogP contribution in [0.4, 0.5) is 4.39 Å². The smallest absolute Gasteiger partial charge is 0.273 e. The van der Waals surface area contributed by atoms with Crippen molar-refractivity contribution in [3.63, 3.8) is 0 Å². The third-order valence-corrected chi connectivity index (χ3v) is 3.49. The number of hydrogen-bond acceptors (Lipinski definition) is 4. The van der Waals surface area contributed by atoms with Gasteiger partial charge in [0.1, 0.15) is 16.5 Å². The summed E-state index contributed by atoms with van der Waals surface area (Å²) in [6.07, 6.45) is 0. The molecular formula is C13H13FN2O2S. The molecule has 2 rings (SSSR count).